The quantitative estimate of drug-likeness (QED) is 0.920. The lowest BCUT2D eigenvalue weighted by molar-refractivity contribution is -0.116. The van der Waals surface area contributed by atoms with Gasteiger partial charge in [-0.05, 0) is 37.3 Å². The number of anilines is 1. The lowest BCUT2D eigenvalue weighted by atomic mass is 9.97. The van der Waals surface area contributed by atoms with E-state index in [1.807, 2.05) is 30.3 Å². The van der Waals surface area contributed by atoms with Crippen molar-refractivity contribution in [2.75, 3.05) is 18.5 Å². The summed E-state index contributed by atoms with van der Waals surface area (Å²) in [5.74, 6) is 0.915. The van der Waals surface area contributed by atoms with Crippen molar-refractivity contribution in [1.82, 2.24) is 14.8 Å². The Morgan fingerprint density at radius 1 is 1.36 bits per heavy atom. The minimum Gasteiger partial charge on any atom is -0.381 e. The second-order valence-corrected chi connectivity index (χ2v) is 5.53. The van der Waals surface area contributed by atoms with Gasteiger partial charge >= 0.3 is 0 Å². The summed E-state index contributed by atoms with van der Waals surface area (Å²) in [5.41, 5.74) is 0.920. The molecule has 116 valence electrons. The highest BCUT2D eigenvalue weighted by molar-refractivity contribution is 5.89. The zero-order chi connectivity index (χ0) is 15.2. The number of hydrogen-bond acceptors (Lipinski definition) is 4. The number of nitrogens with one attached hydrogen (secondary N) is 1. The third-order valence-corrected chi connectivity index (χ3v) is 3.87. The molecule has 2 heterocycles. The molecule has 22 heavy (non-hydrogen) atoms. The van der Waals surface area contributed by atoms with Crippen LogP contribution in [0.5, 0.6) is 0 Å². The molecule has 0 aliphatic carbocycles. The third kappa shape index (κ3) is 3.71. The third-order valence-electron chi connectivity index (χ3n) is 3.87. The first-order chi connectivity index (χ1) is 10.8. The number of para-hydroxylation sites is 1. The first-order valence-corrected chi connectivity index (χ1v) is 7.66. The predicted octanol–water partition coefficient (Wildman–Crippen LogP) is 2.41. The summed E-state index contributed by atoms with van der Waals surface area (Å²) in [6, 6.07) is 9.70. The summed E-state index contributed by atoms with van der Waals surface area (Å²) in [4.78, 5) is 12.1. The Morgan fingerprint density at radius 2 is 2.23 bits per heavy atom. The molecule has 1 N–H and O–H groups in total. The molecule has 1 aliphatic heterocycles. The SMILES string of the molecule is O=C(CC[C@H]1CCCOC1)Nc1nncn1-c1ccccc1. The van der Waals surface area contributed by atoms with Crippen LogP contribution in [0.2, 0.25) is 0 Å². The van der Waals surface area contributed by atoms with Crippen LogP contribution in [0.4, 0.5) is 5.95 Å². The molecule has 0 bridgehead atoms. The van der Waals surface area contributed by atoms with Crippen molar-refractivity contribution in [1.29, 1.82) is 0 Å². The maximum Gasteiger partial charge on any atom is 0.235 e. The zero-order valence-electron chi connectivity index (χ0n) is 12.4. The van der Waals surface area contributed by atoms with E-state index in [0.717, 1.165) is 38.2 Å². The summed E-state index contributed by atoms with van der Waals surface area (Å²) in [6.45, 7) is 1.62. The molecule has 1 saturated heterocycles. The van der Waals surface area contributed by atoms with Crippen molar-refractivity contribution in [3.8, 4) is 5.69 Å². The largest absolute Gasteiger partial charge is 0.381 e. The van der Waals surface area contributed by atoms with Gasteiger partial charge in [-0.15, -0.1) is 10.2 Å². The molecule has 1 aliphatic rings. The monoisotopic (exact) mass is 300 g/mol. The van der Waals surface area contributed by atoms with Crippen LogP contribution in [-0.2, 0) is 9.53 Å². The van der Waals surface area contributed by atoms with Crippen molar-refractivity contribution in [3.63, 3.8) is 0 Å². The van der Waals surface area contributed by atoms with E-state index in [1.54, 1.807) is 10.9 Å². The van der Waals surface area contributed by atoms with Crippen LogP contribution < -0.4 is 5.32 Å². The fourth-order valence-electron chi connectivity index (χ4n) is 2.66. The van der Waals surface area contributed by atoms with Crippen LogP contribution in [0.15, 0.2) is 36.7 Å². The maximum absolute atomic E-state index is 12.1. The van der Waals surface area contributed by atoms with Crippen LogP contribution in [0, 0.1) is 5.92 Å². The van der Waals surface area contributed by atoms with Crippen LogP contribution in [-0.4, -0.2) is 33.9 Å². The summed E-state index contributed by atoms with van der Waals surface area (Å²) in [6.07, 6.45) is 5.17. The molecule has 0 saturated carbocycles. The van der Waals surface area contributed by atoms with Gasteiger partial charge in [0.1, 0.15) is 6.33 Å². The van der Waals surface area contributed by atoms with Crippen LogP contribution in [0.3, 0.4) is 0 Å². The summed E-state index contributed by atoms with van der Waals surface area (Å²) in [5, 5.41) is 10.7. The molecule has 1 aromatic carbocycles. The topological polar surface area (TPSA) is 69.0 Å². The van der Waals surface area contributed by atoms with Crippen LogP contribution in [0.1, 0.15) is 25.7 Å². The molecule has 1 fully saturated rings. The van der Waals surface area contributed by atoms with E-state index in [4.69, 9.17) is 4.74 Å². The van der Waals surface area contributed by atoms with E-state index in [1.165, 1.54) is 0 Å². The minimum absolute atomic E-state index is 0.0317. The lowest BCUT2D eigenvalue weighted by Crippen LogP contribution is -2.21. The normalized spacial score (nSPS) is 18.1. The Balaban J connectivity index is 1.57. The highest BCUT2D eigenvalue weighted by Gasteiger charge is 2.16. The Kier molecular flexibility index (Phi) is 4.80. The van der Waals surface area contributed by atoms with Gasteiger partial charge in [-0.1, -0.05) is 18.2 Å². The molecule has 3 rings (SSSR count). The van der Waals surface area contributed by atoms with E-state index < -0.39 is 0 Å². The smallest absolute Gasteiger partial charge is 0.235 e. The second kappa shape index (κ2) is 7.17. The minimum atomic E-state index is -0.0317. The number of benzene rings is 1. The molecule has 0 radical (unpaired) electrons. The molecule has 1 atom stereocenters. The molecule has 1 aromatic heterocycles. The number of nitrogens with zero attached hydrogens (tertiary/aromatic N) is 3. The van der Waals surface area contributed by atoms with E-state index in [0.29, 0.717) is 18.3 Å². The van der Waals surface area contributed by atoms with Gasteiger partial charge in [-0.25, -0.2) is 0 Å². The average molecular weight is 300 g/mol. The van der Waals surface area contributed by atoms with Crippen molar-refractivity contribution in [3.05, 3.63) is 36.7 Å². The van der Waals surface area contributed by atoms with E-state index in [9.17, 15) is 4.79 Å². The average Bonchev–Trinajstić information content (AvgIpc) is 3.03. The van der Waals surface area contributed by atoms with Gasteiger partial charge in [0.25, 0.3) is 0 Å². The molecule has 6 nitrogen and oxygen atoms in total. The number of amides is 1. The fourth-order valence-corrected chi connectivity index (χ4v) is 2.66. The number of ether oxygens (including phenoxy) is 1. The predicted molar refractivity (Wildman–Crippen MR) is 82.8 cm³/mol. The van der Waals surface area contributed by atoms with Gasteiger partial charge in [-0.2, -0.15) is 0 Å². The Labute approximate surface area is 129 Å². The van der Waals surface area contributed by atoms with Gasteiger partial charge in [0, 0.05) is 19.6 Å². The van der Waals surface area contributed by atoms with Gasteiger partial charge < -0.3 is 4.74 Å². The standard InChI is InChI=1S/C16H20N4O2/c21-15(9-8-13-5-4-10-22-11-13)18-16-19-17-12-20(16)14-6-2-1-3-7-14/h1-3,6-7,12-13H,4-5,8-11H2,(H,18,19,21)/t13-/m1/s1. The molecule has 0 unspecified atom stereocenters. The summed E-state index contributed by atoms with van der Waals surface area (Å²) in [7, 11) is 0. The fraction of sp³-hybridized carbons (Fsp3) is 0.438. The molecule has 6 heteroatoms. The highest BCUT2D eigenvalue weighted by Crippen LogP contribution is 2.19. The summed E-state index contributed by atoms with van der Waals surface area (Å²) >= 11 is 0. The number of aromatic nitrogens is 3. The Bertz CT molecular complexity index is 606. The van der Waals surface area contributed by atoms with Crippen molar-refractivity contribution in [2.24, 2.45) is 5.92 Å². The van der Waals surface area contributed by atoms with E-state index in [2.05, 4.69) is 15.5 Å². The molecule has 0 spiro atoms. The van der Waals surface area contributed by atoms with Crippen molar-refractivity contribution < 1.29 is 9.53 Å². The second-order valence-electron chi connectivity index (χ2n) is 5.53. The number of rotatable bonds is 5. The molecule has 1 amide bonds. The molecular formula is C16H20N4O2. The van der Waals surface area contributed by atoms with Gasteiger partial charge in [-0.3, -0.25) is 14.7 Å². The Hall–Kier alpha value is -2.21. The van der Waals surface area contributed by atoms with Gasteiger partial charge in [0.2, 0.25) is 11.9 Å². The van der Waals surface area contributed by atoms with E-state index >= 15 is 0 Å². The first kappa shape index (κ1) is 14.7. The van der Waals surface area contributed by atoms with Crippen LogP contribution in [0.25, 0.3) is 5.69 Å². The number of hydrogen-bond donors (Lipinski definition) is 1. The highest BCUT2D eigenvalue weighted by atomic mass is 16.5. The van der Waals surface area contributed by atoms with Crippen molar-refractivity contribution in [2.45, 2.75) is 25.7 Å². The number of carbonyl (C=O) groups excluding carboxylic acids is 1. The molecule has 2 aromatic rings. The van der Waals surface area contributed by atoms with Gasteiger partial charge in [0.05, 0.1) is 5.69 Å². The van der Waals surface area contributed by atoms with Crippen LogP contribution >= 0.6 is 0 Å². The van der Waals surface area contributed by atoms with Crippen molar-refractivity contribution >= 4 is 11.9 Å². The van der Waals surface area contributed by atoms with Gasteiger partial charge in [0.15, 0.2) is 0 Å². The maximum atomic E-state index is 12.1. The summed E-state index contributed by atoms with van der Waals surface area (Å²) < 4.78 is 7.20. The number of carbonyl (C=O) groups is 1. The Morgan fingerprint density at radius 3 is 3.00 bits per heavy atom. The first-order valence-electron chi connectivity index (χ1n) is 7.66. The lowest BCUT2D eigenvalue weighted by Gasteiger charge is -2.21. The van der Waals surface area contributed by atoms with E-state index in [-0.39, 0.29) is 5.91 Å². The molecular weight excluding hydrogens is 280 g/mol. The zero-order valence-corrected chi connectivity index (χ0v) is 12.4.